The highest BCUT2D eigenvalue weighted by Gasteiger charge is 2.34. The molecule has 3 rings (SSSR count). The molecule has 1 fully saturated rings. The summed E-state index contributed by atoms with van der Waals surface area (Å²) >= 11 is 0. The highest BCUT2D eigenvalue weighted by Crippen LogP contribution is 2.37. The van der Waals surface area contributed by atoms with Crippen molar-refractivity contribution >= 4 is 0 Å². The van der Waals surface area contributed by atoms with Crippen molar-refractivity contribution in [1.29, 1.82) is 0 Å². The van der Waals surface area contributed by atoms with Crippen LogP contribution in [-0.2, 0) is 13.6 Å². The highest BCUT2D eigenvalue weighted by atomic mass is 15.3. The fourth-order valence-corrected chi connectivity index (χ4v) is 3.27. The van der Waals surface area contributed by atoms with E-state index in [2.05, 4.69) is 46.1 Å². The maximum Gasteiger partial charge on any atom is 0.163 e. The van der Waals surface area contributed by atoms with Crippen LogP contribution in [0, 0.1) is 5.41 Å². The third-order valence-corrected chi connectivity index (χ3v) is 4.76. The van der Waals surface area contributed by atoms with Crippen LogP contribution >= 0.6 is 0 Å². The molecule has 1 aromatic heterocycles. The normalized spacial score (nSPS) is 20.8. The fourth-order valence-electron chi connectivity index (χ4n) is 3.27. The van der Waals surface area contributed by atoms with E-state index < -0.39 is 0 Å². The molecule has 1 unspecified atom stereocenters. The van der Waals surface area contributed by atoms with E-state index in [-0.39, 0.29) is 0 Å². The third kappa shape index (κ3) is 2.86. The van der Waals surface area contributed by atoms with Gasteiger partial charge in [-0.25, -0.2) is 0 Å². The van der Waals surface area contributed by atoms with Crippen molar-refractivity contribution in [3.8, 4) is 11.4 Å². The van der Waals surface area contributed by atoms with Crippen LogP contribution in [0.4, 0.5) is 0 Å². The van der Waals surface area contributed by atoms with Gasteiger partial charge in [-0.3, -0.25) is 0 Å². The Morgan fingerprint density at radius 1 is 1.24 bits per heavy atom. The summed E-state index contributed by atoms with van der Waals surface area (Å²) in [6.45, 7) is 5.48. The van der Waals surface area contributed by atoms with Crippen LogP contribution in [0.15, 0.2) is 30.3 Å². The minimum absolute atomic E-state index is 0.390. The molecule has 0 bridgehead atoms. The first-order valence-electron chi connectivity index (χ1n) is 7.75. The molecular formula is C17H24N4. The molecule has 21 heavy (non-hydrogen) atoms. The lowest BCUT2D eigenvalue weighted by molar-refractivity contribution is 0.280. The van der Waals surface area contributed by atoms with Gasteiger partial charge in [-0.05, 0) is 18.3 Å². The van der Waals surface area contributed by atoms with Gasteiger partial charge in [-0.15, -0.1) is 10.2 Å². The lowest BCUT2D eigenvalue weighted by Gasteiger charge is -2.27. The number of hydrogen-bond donors (Lipinski definition) is 1. The number of nitrogens with zero attached hydrogens (tertiary/aromatic N) is 3. The van der Waals surface area contributed by atoms with Gasteiger partial charge in [-0.1, -0.05) is 50.6 Å². The lowest BCUT2D eigenvalue weighted by Crippen LogP contribution is -2.37. The van der Waals surface area contributed by atoms with Gasteiger partial charge in [-0.2, -0.15) is 0 Å². The SMILES string of the molecule is Cn1c(CNC2CCCC2(C)C)nnc1-c1ccccc1. The maximum atomic E-state index is 4.35. The summed E-state index contributed by atoms with van der Waals surface area (Å²) in [5, 5.41) is 12.4. The molecule has 1 aliphatic rings. The van der Waals surface area contributed by atoms with E-state index in [1.54, 1.807) is 0 Å². The minimum atomic E-state index is 0.390. The zero-order valence-electron chi connectivity index (χ0n) is 13.1. The fraction of sp³-hybridized carbons (Fsp3) is 0.529. The second-order valence-electron chi connectivity index (χ2n) is 6.68. The molecule has 0 amide bonds. The van der Waals surface area contributed by atoms with Gasteiger partial charge >= 0.3 is 0 Å². The van der Waals surface area contributed by atoms with Crippen LogP contribution in [0.25, 0.3) is 11.4 Å². The first-order chi connectivity index (χ1) is 10.1. The molecule has 0 saturated heterocycles. The van der Waals surface area contributed by atoms with Crippen molar-refractivity contribution in [1.82, 2.24) is 20.1 Å². The van der Waals surface area contributed by atoms with Crippen molar-refractivity contribution in [2.75, 3.05) is 0 Å². The second kappa shape index (κ2) is 5.60. The van der Waals surface area contributed by atoms with Crippen LogP contribution in [0.5, 0.6) is 0 Å². The second-order valence-corrected chi connectivity index (χ2v) is 6.68. The van der Waals surface area contributed by atoms with Gasteiger partial charge in [0.15, 0.2) is 5.82 Å². The molecule has 0 radical (unpaired) electrons. The molecule has 0 spiro atoms. The molecule has 4 heteroatoms. The van der Waals surface area contributed by atoms with E-state index in [4.69, 9.17) is 0 Å². The molecular weight excluding hydrogens is 260 g/mol. The number of hydrogen-bond acceptors (Lipinski definition) is 3. The van der Waals surface area contributed by atoms with E-state index in [0.717, 1.165) is 23.8 Å². The Morgan fingerprint density at radius 2 is 2.00 bits per heavy atom. The molecule has 1 saturated carbocycles. The van der Waals surface area contributed by atoms with E-state index in [1.807, 2.05) is 25.2 Å². The van der Waals surface area contributed by atoms with Gasteiger partial charge in [0, 0.05) is 18.7 Å². The third-order valence-electron chi connectivity index (χ3n) is 4.76. The Balaban J connectivity index is 1.72. The van der Waals surface area contributed by atoms with Crippen LogP contribution < -0.4 is 5.32 Å². The van der Waals surface area contributed by atoms with Crippen LogP contribution in [0.2, 0.25) is 0 Å². The largest absolute Gasteiger partial charge is 0.313 e. The molecule has 1 aromatic carbocycles. The molecule has 1 N–H and O–H groups in total. The van der Waals surface area contributed by atoms with E-state index >= 15 is 0 Å². The Kier molecular flexibility index (Phi) is 3.81. The topological polar surface area (TPSA) is 42.7 Å². The minimum Gasteiger partial charge on any atom is -0.313 e. The van der Waals surface area contributed by atoms with Crippen molar-refractivity contribution < 1.29 is 0 Å². The summed E-state index contributed by atoms with van der Waals surface area (Å²) in [6.07, 6.45) is 3.88. The highest BCUT2D eigenvalue weighted by molar-refractivity contribution is 5.54. The molecule has 4 nitrogen and oxygen atoms in total. The molecule has 1 heterocycles. The summed E-state index contributed by atoms with van der Waals surface area (Å²) in [4.78, 5) is 0. The zero-order valence-corrected chi connectivity index (χ0v) is 13.1. The summed E-state index contributed by atoms with van der Waals surface area (Å²) in [6, 6.07) is 10.8. The number of nitrogens with one attached hydrogen (secondary N) is 1. The number of aromatic nitrogens is 3. The zero-order chi connectivity index (χ0) is 14.9. The Bertz CT molecular complexity index is 601. The maximum absolute atomic E-state index is 4.35. The first-order valence-corrected chi connectivity index (χ1v) is 7.75. The van der Waals surface area contributed by atoms with Gasteiger partial charge < -0.3 is 9.88 Å². The standard InChI is InChI=1S/C17H24N4/c1-17(2)11-7-10-14(17)18-12-15-19-20-16(21(15)3)13-8-5-4-6-9-13/h4-6,8-9,14,18H,7,10-12H2,1-3H3. The summed E-state index contributed by atoms with van der Waals surface area (Å²) < 4.78 is 2.09. The summed E-state index contributed by atoms with van der Waals surface area (Å²) in [7, 11) is 2.04. The molecule has 1 atom stereocenters. The van der Waals surface area contributed by atoms with E-state index in [0.29, 0.717) is 11.5 Å². The number of rotatable bonds is 4. The van der Waals surface area contributed by atoms with Crippen molar-refractivity contribution in [3.05, 3.63) is 36.2 Å². The monoisotopic (exact) mass is 284 g/mol. The van der Waals surface area contributed by atoms with Crippen LogP contribution in [-0.4, -0.2) is 20.8 Å². The van der Waals surface area contributed by atoms with Crippen molar-refractivity contribution in [3.63, 3.8) is 0 Å². The smallest absolute Gasteiger partial charge is 0.163 e. The Hall–Kier alpha value is -1.68. The molecule has 1 aliphatic carbocycles. The predicted molar refractivity (Wildman–Crippen MR) is 84.7 cm³/mol. The Morgan fingerprint density at radius 3 is 2.67 bits per heavy atom. The molecule has 0 aliphatic heterocycles. The molecule has 112 valence electrons. The molecule has 2 aromatic rings. The lowest BCUT2D eigenvalue weighted by atomic mass is 9.87. The number of benzene rings is 1. The van der Waals surface area contributed by atoms with Gasteiger partial charge in [0.1, 0.15) is 5.82 Å². The van der Waals surface area contributed by atoms with Crippen molar-refractivity contribution in [2.45, 2.75) is 45.7 Å². The summed E-state index contributed by atoms with van der Waals surface area (Å²) in [5.74, 6) is 1.93. The summed E-state index contributed by atoms with van der Waals surface area (Å²) in [5.41, 5.74) is 1.50. The van der Waals surface area contributed by atoms with Crippen molar-refractivity contribution in [2.24, 2.45) is 12.5 Å². The van der Waals surface area contributed by atoms with E-state index in [1.165, 1.54) is 19.3 Å². The van der Waals surface area contributed by atoms with E-state index in [9.17, 15) is 0 Å². The van der Waals surface area contributed by atoms with Gasteiger partial charge in [0.25, 0.3) is 0 Å². The quantitative estimate of drug-likeness (QED) is 0.938. The average molecular weight is 284 g/mol. The first kappa shape index (κ1) is 14.3. The van der Waals surface area contributed by atoms with Gasteiger partial charge in [0.05, 0.1) is 6.54 Å². The van der Waals surface area contributed by atoms with Gasteiger partial charge in [0.2, 0.25) is 0 Å². The van der Waals surface area contributed by atoms with Crippen LogP contribution in [0.3, 0.4) is 0 Å². The predicted octanol–water partition coefficient (Wildman–Crippen LogP) is 3.15. The Labute approximate surface area is 126 Å². The average Bonchev–Trinajstić information content (AvgIpc) is 3.00. The van der Waals surface area contributed by atoms with Crippen LogP contribution in [0.1, 0.15) is 38.9 Å².